The van der Waals surface area contributed by atoms with Gasteiger partial charge in [-0.15, -0.1) is 0 Å². The van der Waals surface area contributed by atoms with E-state index >= 15 is 0 Å². The Morgan fingerprint density at radius 2 is 1.59 bits per heavy atom. The van der Waals surface area contributed by atoms with E-state index in [0.29, 0.717) is 46.4 Å². The van der Waals surface area contributed by atoms with Gasteiger partial charge in [0.15, 0.2) is 0 Å². The fraction of sp³-hybridized carbons (Fsp3) is 0.133. The molecule has 0 fully saturated rings. The van der Waals surface area contributed by atoms with Gasteiger partial charge in [-0.1, -0.05) is 41.9 Å². The van der Waals surface area contributed by atoms with Crippen molar-refractivity contribution in [2.75, 3.05) is 24.3 Å². The molecule has 210 valence electrons. The molecule has 1 heterocycles. The molecule has 0 unspecified atom stereocenters. The summed E-state index contributed by atoms with van der Waals surface area (Å²) in [7, 11) is -2.18. The number of fused-ring (bicyclic) bond motifs is 2. The molecule has 0 atom stereocenters. The van der Waals surface area contributed by atoms with Crippen LogP contribution >= 0.6 is 11.6 Å². The van der Waals surface area contributed by atoms with E-state index < -0.39 is 10.0 Å². The number of hydrogen-bond acceptors (Lipinski definition) is 6. The Morgan fingerprint density at radius 3 is 2.32 bits per heavy atom. The number of hydrogen-bond donors (Lipinski definition) is 4. The zero-order valence-corrected chi connectivity index (χ0v) is 23.6. The molecule has 1 aliphatic rings. The number of nitrogens with one attached hydrogen (secondary N) is 3. The summed E-state index contributed by atoms with van der Waals surface area (Å²) >= 11 is 6.17. The topological polar surface area (TPSA) is 140 Å². The highest BCUT2D eigenvalue weighted by molar-refractivity contribution is 7.89. The van der Waals surface area contributed by atoms with Gasteiger partial charge in [-0.05, 0) is 77.2 Å². The molecule has 0 aromatic heterocycles. The van der Waals surface area contributed by atoms with Gasteiger partial charge in [-0.2, -0.15) is 0 Å². The zero-order chi connectivity index (χ0) is 29.1. The van der Waals surface area contributed by atoms with Gasteiger partial charge in [0.25, 0.3) is 5.91 Å². The Hall–Kier alpha value is -4.38. The van der Waals surface area contributed by atoms with Gasteiger partial charge in [-0.3, -0.25) is 9.59 Å². The van der Waals surface area contributed by atoms with Gasteiger partial charge in [-0.25, -0.2) is 13.6 Å². The maximum Gasteiger partial charge on any atom is 0.257 e. The van der Waals surface area contributed by atoms with Gasteiger partial charge in [0.2, 0.25) is 15.9 Å². The van der Waals surface area contributed by atoms with Crippen molar-refractivity contribution in [3.8, 4) is 16.9 Å². The molecule has 1 aliphatic heterocycles. The van der Waals surface area contributed by atoms with Gasteiger partial charge in [0, 0.05) is 6.54 Å². The molecule has 0 radical (unpaired) electrons. The maximum atomic E-state index is 13.0. The van der Waals surface area contributed by atoms with Crippen LogP contribution in [0.1, 0.15) is 21.5 Å². The molecule has 0 aliphatic carbocycles. The molecule has 41 heavy (non-hydrogen) atoms. The number of benzene rings is 4. The number of methoxy groups -OCH3 is 1. The van der Waals surface area contributed by atoms with Gasteiger partial charge >= 0.3 is 0 Å². The summed E-state index contributed by atoms with van der Waals surface area (Å²) in [6.07, 6.45) is 0.660. The van der Waals surface area contributed by atoms with Gasteiger partial charge < -0.3 is 20.7 Å². The van der Waals surface area contributed by atoms with Crippen molar-refractivity contribution in [2.24, 2.45) is 5.14 Å². The fourth-order valence-electron chi connectivity index (χ4n) is 4.55. The molecule has 5 N–H and O–H groups in total. The standard InChI is InChI=1S/C30H27ClN4O5S/c1-40-28-17-21(6-10-24(28)31)20-5-9-23-26(16-20)34-25-11-4-19(14-27(25)35-30(23)37)15-29(36)33-13-12-18-2-7-22(8-3-18)41(32,38)39/h2-11,14,16-17,34H,12-13,15H2,1H3,(H,33,36)(H,35,37)(H2,32,38,39). The molecule has 11 heteroatoms. The van der Waals surface area contributed by atoms with E-state index in [1.807, 2.05) is 36.4 Å². The second kappa shape index (κ2) is 11.6. The van der Waals surface area contributed by atoms with Crippen LogP contribution in [-0.2, 0) is 27.7 Å². The summed E-state index contributed by atoms with van der Waals surface area (Å²) in [5, 5.41) is 14.8. The van der Waals surface area contributed by atoms with Crippen molar-refractivity contribution in [2.45, 2.75) is 17.7 Å². The van der Waals surface area contributed by atoms with Crippen molar-refractivity contribution in [3.05, 3.63) is 101 Å². The van der Waals surface area contributed by atoms with E-state index in [0.717, 1.165) is 22.3 Å². The SMILES string of the molecule is COc1cc(-c2ccc3c(c2)Nc2ccc(CC(=O)NCCc4ccc(S(N)(=O)=O)cc4)cc2NC3=O)ccc1Cl. The molecule has 0 saturated heterocycles. The van der Waals surface area contributed by atoms with Crippen LogP contribution in [0.3, 0.4) is 0 Å². The number of carbonyl (C=O) groups excluding carboxylic acids is 2. The quantitative estimate of drug-likeness (QED) is 0.231. The first-order valence-electron chi connectivity index (χ1n) is 12.7. The Kier molecular flexibility index (Phi) is 7.98. The monoisotopic (exact) mass is 590 g/mol. The minimum Gasteiger partial charge on any atom is -0.495 e. The van der Waals surface area contributed by atoms with E-state index in [-0.39, 0.29) is 23.1 Å². The normalized spacial score (nSPS) is 12.3. The minimum absolute atomic E-state index is 0.0424. The van der Waals surface area contributed by atoms with E-state index in [2.05, 4.69) is 16.0 Å². The first-order valence-corrected chi connectivity index (χ1v) is 14.6. The summed E-state index contributed by atoms with van der Waals surface area (Å²) in [6, 6.07) is 22.7. The molecule has 4 aromatic carbocycles. The van der Waals surface area contributed by atoms with E-state index in [1.54, 1.807) is 37.4 Å². The molecular formula is C30H27ClN4O5S. The average Bonchev–Trinajstić information content (AvgIpc) is 3.08. The van der Waals surface area contributed by atoms with Crippen molar-refractivity contribution in [1.82, 2.24) is 5.32 Å². The van der Waals surface area contributed by atoms with Gasteiger partial charge in [0.1, 0.15) is 5.75 Å². The first kappa shape index (κ1) is 28.2. The van der Waals surface area contributed by atoms with Crippen LogP contribution in [0.2, 0.25) is 5.02 Å². The second-order valence-electron chi connectivity index (χ2n) is 9.53. The molecule has 4 aromatic rings. The number of anilines is 3. The van der Waals surface area contributed by atoms with Gasteiger partial charge in [0.05, 0.1) is 46.1 Å². The fourth-order valence-corrected chi connectivity index (χ4v) is 5.26. The third-order valence-electron chi connectivity index (χ3n) is 6.70. The summed E-state index contributed by atoms with van der Waals surface area (Å²) in [4.78, 5) is 25.7. The third kappa shape index (κ3) is 6.51. The molecular weight excluding hydrogens is 564 g/mol. The number of ether oxygens (including phenoxy) is 1. The second-order valence-corrected chi connectivity index (χ2v) is 11.5. The molecule has 0 spiro atoms. The molecule has 2 amide bonds. The van der Waals surface area contributed by atoms with Crippen LogP contribution in [-0.4, -0.2) is 33.9 Å². The number of sulfonamides is 1. The largest absolute Gasteiger partial charge is 0.495 e. The lowest BCUT2D eigenvalue weighted by atomic mass is 10.0. The van der Waals surface area contributed by atoms with Crippen LogP contribution in [0.5, 0.6) is 5.75 Å². The van der Waals surface area contributed by atoms with E-state index in [1.165, 1.54) is 12.1 Å². The number of halogens is 1. The van der Waals surface area contributed by atoms with Crippen LogP contribution in [0, 0.1) is 0 Å². The van der Waals surface area contributed by atoms with Crippen LogP contribution in [0.4, 0.5) is 17.1 Å². The summed E-state index contributed by atoms with van der Waals surface area (Å²) in [5.41, 5.74) is 5.79. The van der Waals surface area contributed by atoms with Crippen LogP contribution in [0.15, 0.2) is 83.8 Å². The summed E-state index contributed by atoms with van der Waals surface area (Å²) in [5.74, 6) is 0.123. The Labute approximate surface area is 242 Å². The highest BCUT2D eigenvalue weighted by Gasteiger charge is 2.20. The highest BCUT2D eigenvalue weighted by atomic mass is 35.5. The van der Waals surface area contributed by atoms with Crippen molar-refractivity contribution in [3.63, 3.8) is 0 Å². The number of rotatable bonds is 8. The third-order valence-corrected chi connectivity index (χ3v) is 7.94. The maximum absolute atomic E-state index is 13.0. The Bertz CT molecular complexity index is 1760. The lowest BCUT2D eigenvalue weighted by Gasteiger charge is -2.12. The predicted molar refractivity (Wildman–Crippen MR) is 159 cm³/mol. The molecule has 9 nitrogen and oxygen atoms in total. The first-order chi connectivity index (χ1) is 19.6. The minimum atomic E-state index is -3.74. The Morgan fingerprint density at radius 1 is 0.878 bits per heavy atom. The van der Waals surface area contributed by atoms with Crippen molar-refractivity contribution >= 4 is 50.5 Å². The molecule has 0 saturated carbocycles. The summed E-state index contributed by atoms with van der Waals surface area (Å²) in [6.45, 7) is 0.383. The summed E-state index contributed by atoms with van der Waals surface area (Å²) < 4.78 is 28.1. The lowest BCUT2D eigenvalue weighted by molar-refractivity contribution is -0.120. The number of carbonyl (C=O) groups is 2. The van der Waals surface area contributed by atoms with E-state index in [9.17, 15) is 18.0 Å². The number of amides is 2. The van der Waals surface area contributed by atoms with Crippen molar-refractivity contribution in [1.29, 1.82) is 0 Å². The lowest BCUT2D eigenvalue weighted by Crippen LogP contribution is -2.27. The van der Waals surface area contributed by atoms with Crippen LogP contribution < -0.4 is 25.8 Å². The van der Waals surface area contributed by atoms with E-state index in [4.69, 9.17) is 21.5 Å². The number of nitrogens with two attached hydrogens (primary N) is 1. The Balaban J connectivity index is 1.25. The predicted octanol–water partition coefficient (Wildman–Crippen LogP) is 4.87. The molecule has 5 rings (SSSR count). The zero-order valence-electron chi connectivity index (χ0n) is 22.0. The average molecular weight is 591 g/mol. The van der Waals surface area contributed by atoms with Crippen molar-refractivity contribution < 1.29 is 22.7 Å². The van der Waals surface area contributed by atoms with Crippen LogP contribution in [0.25, 0.3) is 11.1 Å². The highest BCUT2D eigenvalue weighted by Crippen LogP contribution is 2.37. The smallest absolute Gasteiger partial charge is 0.257 e. The molecule has 0 bridgehead atoms. The number of primary sulfonamides is 1.